The van der Waals surface area contributed by atoms with Crippen LogP contribution in [0.1, 0.15) is 114 Å². The summed E-state index contributed by atoms with van der Waals surface area (Å²) in [5.74, 6) is 1.10. The molecule has 4 nitrogen and oxygen atoms in total. The van der Waals surface area contributed by atoms with Crippen molar-refractivity contribution >= 4 is 77.3 Å². The van der Waals surface area contributed by atoms with Crippen LogP contribution in [-0.4, -0.2) is 47.8 Å². The average molecular weight is 1200 g/mol. The van der Waals surface area contributed by atoms with Crippen molar-refractivity contribution in [2.75, 3.05) is 37.0 Å². The summed E-state index contributed by atoms with van der Waals surface area (Å²) >= 11 is 0. The van der Waals surface area contributed by atoms with Gasteiger partial charge in [-0.25, -0.2) is 0 Å². The lowest BCUT2D eigenvalue weighted by Gasteiger charge is -2.31. The molecule has 0 radical (unpaired) electrons. The van der Waals surface area contributed by atoms with Crippen molar-refractivity contribution < 1.29 is 9.15 Å². The van der Waals surface area contributed by atoms with Crippen molar-refractivity contribution in [3.63, 3.8) is 0 Å². The van der Waals surface area contributed by atoms with Crippen LogP contribution in [0.15, 0.2) is 266 Å². The zero-order valence-corrected chi connectivity index (χ0v) is 55.8. The molecule has 460 valence electrons. The molecule has 0 saturated carbocycles. The summed E-state index contributed by atoms with van der Waals surface area (Å²) in [6.07, 6.45) is 25.5. The van der Waals surface area contributed by atoms with Crippen molar-refractivity contribution in [2.45, 2.75) is 116 Å². The first-order chi connectivity index (χ1) is 44.6. The number of nitrogens with zero attached hydrogens (tertiary/aromatic N) is 4. The van der Waals surface area contributed by atoms with Gasteiger partial charge in [0.05, 0.1) is 10.8 Å². The minimum absolute atomic E-state index is 0.275. The van der Waals surface area contributed by atoms with Crippen LogP contribution in [0.25, 0.3) is 43.1 Å². The standard InChI is InChI=1S/C88H90N4/c1-61(2)53-57-91-75-51-47-67-35-19-23-39-71(67)83(75)85(5,79(91)43-27-41-77-87(7,59-63-29-13-11-14-30-63)81-69-37-21-17-33-65(69)45-49-73(81)89(77)9)55-25-26-56-86(6)80(92(58-54-62(3)4)76-52-48-68-36-20-24-40-72(68)84(76)86)44-28-42-78-88(8,60-64-31-15-12-16-32-64)82-70-38-22-18-34-66(70)46-50-74(82)90(78)10/h11-52,61-62H,53-60H2,1-10H3/q+2. The predicted molar refractivity (Wildman–Crippen MR) is 394 cm³/mol. The Morgan fingerprint density at radius 2 is 0.696 bits per heavy atom. The second-order valence-electron chi connectivity index (χ2n) is 28.6. The molecule has 4 unspecified atom stereocenters. The molecule has 4 heterocycles. The predicted octanol–water partition coefficient (Wildman–Crippen LogP) is 21.3. The Hall–Kier alpha value is -9.12. The van der Waals surface area contributed by atoms with E-state index in [1.165, 1.54) is 122 Å². The van der Waals surface area contributed by atoms with E-state index in [-0.39, 0.29) is 21.7 Å². The summed E-state index contributed by atoms with van der Waals surface area (Å²) in [4.78, 5) is 5.39. The summed E-state index contributed by atoms with van der Waals surface area (Å²) in [7, 11) is 4.56. The zero-order chi connectivity index (χ0) is 63.5. The topological polar surface area (TPSA) is 12.5 Å². The highest BCUT2D eigenvalue weighted by atomic mass is 15.2. The lowest BCUT2D eigenvalue weighted by atomic mass is 9.72. The Morgan fingerprint density at radius 1 is 0.370 bits per heavy atom. The summed E-state index contributed by atoms with van der Waals surface area (Å²) in [5.41, 5.74) is 17.7. The van der Waals surface area contributed by atoms with Crippen LogP contribution >= 0.6 is 0 Å². The number of allylic oxidation sites excluding steroid dienone is 10. The normalized spacial score (nSPS) is 22.1. The third-order valence-electron chi connectivity index (χ3n) is 21.6. The van der Waals surface area contributed by atoms with E-state index in [1.807, 2.05) is 0 Å². The van der Waals surface area contributed by atoms with Crippen LogP contribution in [0.4, 0.5) is 22.7 Å². The molecule has 4 heteroatoms. The molecule has 0 saturated heterocycles. The molecule has 92 heavy (non-hydrogen) atoms. The van der Waals surface area contributed by atoms with Crippen LogP contribution < -0.4 is 9.80 Å². The lowest BCUT2D eigenvalue weighted by molar-refractivity contribution is -0.401. The van der Waals surface area contributed by atoms with Crippen molar-refractivity contribution in [3.05, 3.63) is 300 Å². The van der Waals surface area contributed by atoms with Gasteiger partial charge >= 0.3 is 0 Å². The number of rotatable bonds is 18. The fourth-order valence-electron chi connectivity index (χ4n) is 17.0. The van der Waals surface area contributed by atoms with E-state index in [0.717, 1.165) is 51.6 Å². The molecule has 10 aromatic carbocycles. The number of benzene rings is 10. The van der Waals surface area contributed by atoms with Gasteiger partial charge in [-0.1, -0.05) is 222 Å². The number of hydrogen-bond acceptors (Lipinski definition) is 2. The van der Waals surface area contributed by atoms with Gasteiger partial charge < -0.3 is 9.80 Å². The van der Waals surface area contributed by atoms with Crippen LogP contribution in [0.5, 0.6) is 0 Å². The molecule has 0 N–H and O–H groups in total. The van der Waals surface area contributed by atoms with E-state index >= 15 is 0 Å². The Kier molecular flexibility index (Phi) is 15.9. The maximum atomic E-state index is 2.69. The minimum atomic E-state index is -0.349. The van der Waals surface area contributed by atoms with Gasteiger partial charge in [-0.3, -0.25) is 0 Å². The largest absolute Gasteiger partial charge is 0.344 e. The second kappa shape index (κ2) is 24.2. The second-order valence-corrected chi connectivity index (χ2v) is 28.6. The molecule has 4 aliphatic heterocycles. The quantitative estimate of drug-likeness (QED) is 0.0627. The minimum Gasteiger partial charge on any atom is -0.344 e. The lowest BCUT2D eigenvalue weighted by Crippen LogP contribution is -2.33. The van der Waals surface area contributed by atoms with E-state index in [1.54, 1.807) is 0 Å². The number of anilines is 2. The zero-order valence-electron chi connectivity index (χ0n) is 55.8. The molecule has 4 aliphatic rings. The Morgan fingerprint density at radius 3 is 1.05 bits per heavy atom. The fourth-order valence-corrected chi connectivity index (χ4v) is 17.0. The van der Waals surface area contributed by atoms with Crippen molar-refractivity contribution in [3.8, 4) is 0 Å². The molecule has 0 spiro atoms. The van der Waals surface area contributed by atoms with E-state index in [9.17, 15) is 0 Å². The molecule has 0 fully saturated rings. The molecule has 0 amide bonds. The van der Waals surface area contributed by atoms with Crippen molar-refractivity contribution in [1.29, 1.82) is 0 Å². The first-order valence-electron chi connectivity index (χ1n) is 34.0. The van der Waals surface area contributed by atoms with Crippen molar-refractivity contribution in [2.24, 2.45) is 11.8 Å². The van der Waals surface area contributed by atoms with Crippen molar-refractivity contribution in [1.82, 2.24) is 0 Å². The van der Waals surface area contributed by atoms with E-state index in [4.69, 9.17) is 0 Å². The van der Waals surface area contributed by atoms with Crippen LogP contribution in [0.2, 0.25) is 0 Å². The number of fused-ring (bicyclic) bond motifs is 12. The first kappa shape index (κ1) is 60.4. The smallest absolute Gasteiger partial charge is 0.210 e. The van der Waals surface area contributed by atoms with Gasteiger partial charge in [0.15, 0.2) is 11.4 Å². The highest BCUT2D eigenvalue weighted by Crippen LogP contribution is 2.56. The van der Waals surface area contributed by atoms with Gasteiger partial charge in [0.1, 0.15) is 14.1 Å². The van der Waals surface area contributed by atoms with Gasteiger partial charge in [-0.15, -0.1) is 0 Å². The third-order valence-corrected chi connectivity index (χ3v) is 21.6. The molecule has 10 aromatic rings. The molecule has 0 aromatic heterocycles. The van der Waals surface area contributed by atoms with Gasteiger partial charge in [-0.2, -0.15) is 9.15 Å². The van der Waals surface area contributed by atoms with Gasteiger partial charge in [-0.05, 0) is 180 Å². The maximum Gasteiger partial charge on any atom is 0.210 e. The maximum absolute atomic E-state index is 2.69. The van der Waals surface area contributed by atoms with E-state index in [2.05, 4.69) is 343 Å². The van der Waals surface area contributed by atoms with Gasteiger partial charge in [0.25, 0.3) is 0 Å². The molecule has 14 rings (SSSR count). The summed E-state index contributed by atoms with van der Waals surface area (Å²) in [5, 5.41) is 10.5. The molecular formula is C88H90N4+2. The van der Waals surface area contributed by atoms with Crippen LogP contribution in [0.3, 0.4) is 0 Å². The average Bonchev–Trinajstić information content (AvgIpc) is 1.60. The fraction of sp³-hybridized carbons (Fsp3) is 0.273. The monoisotopic (exact) mass is 1200 g/mol. The molecular weight excluding hydrogens is 1110 g/mol. The highest BCUT2D eigenvalue weighted by Gasteiger charge is 2.51. The Bertz CT molecular complexity index is 4440. The summed E-state index contributed by atoms with van der Waals surface area (Å²) in [6, 6.07) is 77.2. The highest BCUT2D eigenvalue weighted by molar-refractivity contribution is 6.10. The SMILES string of the molecule is CC(C)CCN1C(=CC=CC2=[N+](C)c3ccc4ccccc4c3C2(C)Cc2ccccc2)C(C)(CC=CCC2(C)C(=CC=CC3=[N+](C)c4ccc5ccccc5c4C3(C)Cc3ccccc3)N(CCC(C)C)c3ccc4ccccc4c32)c2c1ccc1ccccc21. The van der Waals surface area contributed by atoms with Crippen LogP contribution in [-0.2, 0) is 34.5 Å². The van der Waals surface area contributed by atoms with Gasteiger partial charge in [0, 0.05) is 82.1 Å². The molecule has 4 atom stereocenters. The van der Waals surface area contributed by atoms with Gasteiger partial charge in [0.2, 0.25) is 11.4 Å². The van der Waals surface area contributed by atoms with E-state index in [0.29, 0.717) is 11.8 Å². The Balaban J connectivity index is 0.874. The van der Waals surface area contributed by atoms with E-state index < -0.39 is 0 Å². The summed E-state index contributed by atoms with van der Waals surface area (Å²) in [6.45, 7) is 21.4. The number of hydrogen-bond donors (Lipinski definition) is 0. The first-order valence-corrected chi connectivity index (χ1v) is 34.0. The molecule has 0 bridgehead atoms. The Labute approximate surface area is 547 Å². The van der Waals surface area contributed by atoms with Crippen LogP contribution in [0, 0.1) is 11.8 Å². The molecule has 0 aliphatic carbocycles. The third kappa shape index (κ3) is 10.3. The summed E-state index contributed by atoms with van der Waals surface area (Å²) < 4.78 is 4.94.